The topological polar surface area (TPSA) is 52.9 Å². The van der Waals surface area contributed by atoms with Crippen molar-refractivity contribution < 1.29 is 9.90 Å². The summed E-state index contributed by atoms with van der Waals surface area (Å²) in [6.45, 7) is 1.93. The largest absolute Gasteiger partial charge is 0.478 e. The fraction of sp³-hybridized carbons (Fsp3) is 0.385. The Balaban J connectivity index is 2.11. The van der Waals surface area contributed by atoms with E-state index < -0.39 is 5.97 Å². The van der Waals surface area contributed by atoms with Crippen molar-refractivity contribution in [3.8, 4) is 0 Å². The first-order chi connectivity index (χ1) is 8.27. The molecule has 0 radical (unpaired) electrons. The molecular weight excluding hydrogens is 216 g/mol. The van der Waals surface area contributed by atoms with Crippen LogP contribution in [-0.4, -0.2) is 35.4 Å². The van der Waals surface area contributed by atoms with Gasteiger partial charge in [-0.05, 0) is 25.3 Å². The van der Waals surface area contributed by atoms with Gasteiger partial charge in [0, 0.05) is 18.7 Å². The second kappa shape index (κ2) is 5.48. The molecule has 0 saturated carbocycles. The van der Waals surface area contributed by atoms with Gasteiger partial charge in [-0.2, -0.15) is 5.10 Å². The molecule has 1 aliphatic heterocycles. The molecule has 0 spiro atoms. The predicted octanol–water partition coefficient (Wildman–Crippen LogP) is 2.20. The maximum Gasteiger partial charge on any atom is 0.336 e. The summed E-state index contributed by atoms with van der Waals surface area (Å²) in [6.07, 6.45) is 5.24. The molecule has 1 aromatic carbocycles. The van der Waals surface area contributed by atoms with E-state index >= 15 is 0 Å². The molecule has 4 heteroatoms. The molecule has 1 N–H and O–H groups in total. The quantitative estimate of drug-likeness (QED) is 0.813. The summed E-state index contributed by atoms with van der Waals surface area (Å²) < 4.78 is 0. The van der Waals surface area contributed by atoms with Crippen LogP contribution in [-0.2, 0) is 0 Å². The maximum atomic E-state index is 11.0. The number of nitrogens with zero attached hydrogens (tertiary/aromatic N) is 2. The van der Waals surface area contributed by atoms with Gasteiger partial charge in [0.05, 0.1) is 11.8 Å². The third kappa shape index (κ3) is 3.06. The van der Waals surface area contributed by atoms with Crippen molar-refractivity contribution in [2.75, 3.05) is 13.1 Å². The molecule has 1 aromatic rings. The summed E-state index contributed by atoms with van der Waals surface area (Å²) in [4.78, 5) is 11.0. The van der Waals surface area contributed by atoms with E-state index in [1.165, 1.54) is 6.42 Å². The van der Waals surface area contributed by atoms with Crippen LogP contribution in [0.15, 0.2) is 29.4 Å². The molecule has 90 valence electrons. The second-order valence-corrected chi connectivity index (χ2v) is 4.15. The van der Waals surface area contributed by atoms with Crippen LogP contribution >= 0.6 is 0 Å². The molecule has 0 amide bonds. The van der Waals surface area contributed by atoms with Crippen LogP contribution in [0.25, 0.3) is 0 Å². The van der Waals surface area contributed by atoms with Crippen molar-refractivity contribution in [3.05, 3.63) is 35.4 Å². The summed E-state index contributed by atoms with van der Waals surface area (Å²) in [7, 11) is 0. The number of carboxylic acids is 1. The van der Waals surface area contributed by atoms with Gasteiger partial charge in [-0.15, -0.1) is 0 Å². The summed E-state index contributed by atoms with van der Waals surface area (Å²) in [5.74, 6) is -0.911. The van der Waals surface area contributed by atoms with E-state index in [1.54, 1.807) is 24.4 Å². The molecule has 2 rings (SSSR count). The fourth-order valence-electron chi connectivity index (χ4n) is 1.94. The molecule has 0 atom stereocenters. The third-order valence-corrected chi connectivity index (χ3v) is 2.88. The van der Waals surface area contributed by atoms with E-state index in [-0.39, 0.29) is 0 Å². The highest BCUT2D eigenvalue weighted by Crippen LogP contribution is 2.10. The lowest BCUT2D eigenvalue weighted by molar-refractivity contribution is 0.0696. The molecule has 0 aliphatic carbocycles. The fourth-order valence-corrected chi connectivity index (χ4v) is 1.94. The molecular formula is C13H16N2O2. The minimum Gasteiger partial charge on any atom is -0.478 e. The summed E-state index contributed by atoms with van der Waals surface area (Å²) in [5, 5.41) is 15.4. The van der Waals surface area contributed by atoms with Crippen LogP contribution in [0.4, 0.5) is 0 Å². The van der Waals surface area contributed by atoms with Crippen molar-refractivity contribution in [3.63, 3.8) is 0 Å². The Morgan fingerprint density at radius 3 is 2.65 bits per heavy atom. The second-order valence-electron chi connectivity index (χ2n) is 4.15. The molecule has 0 unspecified atom stereocenters. The molecule has 1 aliphatic rings. The van der Waals surface area contributed by atoms with E-state index in [1.807, 2.05) is 11.1 Å². The highest BCUT2D eigenvalue weighted by atomic mass is 16.4. The summed E-state index contributed by atoms with van der Waals surface area (Å²) in [5.41, 5.74) is 0.957. The Kier molecular flexibility index (Phi) is 3.75. The molecule has 1 fully saturated rings. The van der Waals surface area contributed by atoms with Gasteiger partial charge in [-0.1, -0.05) is 18.2 Å². The van der Waals surface area contributed by atoms with Crippen LogP contribution in [0.2, 0.25) is 0 Å². The molecule has 1 saturated heterocycles. The number of hydrogen-bond donors (Lipinski definition) is 1. The highest BCUT2D eigenvalue weighted by Gasteiger charge is 2.09. The van der Waals surface area contributed by atoms with Gasteiger partial charge in [-0.25, -0.2) is 4.79 Å². The summed E-state index contributed by atoms with van der Waals surface area (Å²) >= 11 is 0. The highest BCUT2D eigenvalue weighted by molar-refractivity contribution is 5.98. The number of benzene rings is 1. The van der Waals surface area contributed by atoms with E-state index in [0.717, 1.165) is 25.9 Å². The van der Waals surface area contributed by atoms with Crippen molar-refractivity contribution in [1.29, 1.82) is 0 Å². The van der Waals surface area contributed by atoms with E-state index in [9.17, 15) is 4.79 Å². The Morgan fingerprint density at radius 1 is 1.24 bits per heavy atom. The average Bonchev–Trinajstić information content (AvgIpc) is 2.38. The first kappa shape index (κ1) is 11.6. The average molecular weight is 232 g/mol. The zero-order chi connectivity index (χ0) is 12.1. The van der Waals surface area contributed by atoms with Crippen LogP contribution in [0.1, 0.15) is 35.2 Å². The molecule has 4 nitrogen and oxygen atoms in total. The zero-order valence-corrected chi connectivity index (χ0v) is 9.67. The van der Waals surface area contributed by atoms with Crippen molar-refractivity contribution >= 4 is 12.2 Å². The Bertz CT molecular complexity index is 423. The number of carbonyl (C=O) groups is 1. The van der Waals surface area contributed by atoms with Gasteiger partial charge in [0.1, 0.15) is 0 Å². The van der Waals surface area contributed by atoms with Gasteiger partial charge >= 0.3 is 5.97 Å². The normalized spacial score (nSPS) is 16.4. The van der Waals surface area contributed by atoms with Gasteiger partial charge in [-0.3, -0.25) is 5.01 Å². The first-order valence-corrected chi connectivity index (χ1v) is 5.88. The zero-order valence-electron chi connectivity index (χ0n) is 9.67. The SMILES string of the molecule is O=C(O)c1ccccc1/C=N/N1CCCCC1. The number of carboxylic acid groups (broad SMARTS) is 1. The van der Waals surface area contributed by atoms with Gasteiger partial charge in [0.2, 0.25) is 0 Å². The molecule has 1 heterocycles. The lowest BCUT2D eigenvalue weighted by Gasteiger charge is -2.23. The van der Waals surface area contributed by atoms with E-state index in [0.29, 0.717) is 11.1 Å². The van der Waals surface area contributed by atoms with Gasteiger partial charge in [0.25, 0.3) is 0 Å². The predicted molar refractivity (Wildman–Crippen MR) is 66.4 cm³/mol. The number of hydrazone groups is 1. The van der Waals surface area contributed by atoms with Crippen LogP contribution in [0.5, 0.6) is 0 Å². The van der Waals surface area contributed by atoms with E-state index in [4.69, 9.17) is 5.11 Å². The van der Waals surface area contributed by atoms with Crippen LogP contribution in [0, 0.1) is 0 Å². The van der Waals surface area contributed by atoms with Crippen molar-refractivity contribution in [1.82, 2.24) is 5.01 Å². The van der Waals surface area contributed by atoms with Gasteiger partial charge in [0.15, 0.2) is 0 Å². The van der Waals surface area contributed by atoms with Crippen LogP contribution < -0.4 is 0 Å². The van der Waals surface area contributed by atoms with Crippen molar-refractivity contribution in [2.45, 2.75) is 19.3 Å². The minimum absolute atomic E-state index is 0.299. The van der Waals surface area contributed by atoms with Crippen molar-refractivity contribution in [2.24, 2.45) is 5.10 Å². The first-order valence-electron chi connectivity index (χ1n) is 5.88. The van der Waals surface area contributed by atoms with Crippen LogP contribution in [0.3, 0.4) is 0 Å². The minimum atomic E-state index is -0.911. The Morgan fingerprint density at radius 2 is 1.94 bits per heavy atom. The lowest BCUT2D eigenvalue weighted by atomic mass is 10.1. The smallest absolute Gasteiger partial charge is 0.336 e. The monoisotopic (exact) mass is 232 g/mol. The molecule has 0 aromatic heterocycles. The van der Waals surface area contributed by atoms with E-state index in [2.05, 4.69) is 5.10 Å². The Hall–Kier alpha value is -1.84. The number of aromatic carboxylic acids is 1. The number of piperidine rings is 1. The maximum absolute atomic E-state index is 11.0. The lowest BCUT2D eigenvalue weighted by Crippen LogP contribution is -2.24. The summed E-state index contributed by atoms with van der Waals surface area (Å²) in [6, 6.07) is 6.92. The number of hydrogen-bond acceptors (Lipinski definition) is 3. The molecule has 0 bridgehead atoms. The number of rotatable bonds is 3. The molecule has 17 heavy (non-hydrogen) atoms. The van der Waals surface area contributed by atoms with Gasteiger partial charge < -0.3 is 5.11 Å². The standard InChI is InChI=1S/C13H16N2O2/c16-13(17)12-7-3-2-6-11(12)10-14-15-8-4-1-5-9-15/h2-3,6-7,10H,1,4-5,8-9H2,(H,16,17)/b14-10+. The third-order valence-electron chi connectivity index (χ3n) is 2.88. The Labute approximate surface area is 101 Å².